The third-order valence-corrected chi connectivity index (χ3v) is 5.99. The fraction of sp³-hybridized carbons (Fsp3) is 0.136. The van der Waals surface area contributed by atoms with Crippen LogP contribution in [0.25, 0.3) is 11.1 Å². The van der Waals surface area contributed by atoms with Crippen LogP contribution in [0.3, 0.4) is 0 Å². The molecule has 10 heteroatoms. The highest BCUT2D eigenvalue weighted by Crippen LogP contribution is 2.37. The number of amides is 1. The van der Waals surface area contributed by atoms with Gasteiger partial charge in [0.2, 0.25) is 15.9 Å². The van der Waals surface area contributed by atoms with Gasteiger partial charge in [-0.15, -0.1) is 0 Å². The average molecular weight is 483 g/mol. The van der Waals surface area contributed by atoms with E-state index in [9.17, 15) is 26.4 Å². The largest absolute Gasteiger partial charge is 0.417 e. The molecule has 0 fully saturated rings. The summed E-state index contributed by atoms with van der Waals surface area (Å²) in [5.41, 5.74) is 0.453. The highest BCUT2D eigenvalue weighted by Gasteiger charge is 2.34. The molecule has 0 radical (unpaired) electrons. The number of rotatable bonds is 6. The Kier molecular flexibility index (Phi) is 6.80. The van der Waals surface area contributed by atoms with Crippen molar-refractivity contribution in [1.82, 2.24) is 0 Å². The average Bonchev–Trinajstić information content (AvgIpc) is 2.72. The van der Waals surface area contributed by atoms with Crippen molar-refractivity contribution < 1.29 is 26.4 Å². The molecule has 3 rings (SSSR count). The summed E-state index contributed by atoms with van der Waals surface area (Å²) in [7, 11) is -4.08. The lowest BCUT2D eigenvalue weighted by atomic mass is 10.0. The van der Waals surface area contributed by atoms with E-state index in [1.807, 2.05) is 30.3 Å². The molecule has 5 nitrogen and oxygen atoms in total. The van der Waals surface area contributed by atoms with E-state index in [1.54, 1.807) is 24.3 Å². The van der Waals surface area contributed by atoms with Crippen molar-refractivity contribution in [2.24, 2.45) is 0 Å². The van der Waals surface area contributed by atoms with Crippen LogP contribution in [0.15, 0.2) is 72.8 Å². The third kappa shape index (κ3) is 5.60. The molecule has 3 aromatic carbocycles. The van der Waals surface area contributed by atoms with Crippen molar-refractivity contribution in [2.45, 2.75) is 6.18 Å². The second-order valence-corrected chi connectivity index (χ2v) is 9.21. The first-order valence-electron chi connectivity index (χ1n) is 9.25. The Labute approximate surface area is 188 Å². The number of nitrogens with zero attached hydrogens (tertiary/aromatic N) is 1. The van der Waals surface area contributed by atoms with Crippen LogP contribution in [-0.2, 0) is 21.0 Å². The quantitative estimate of drug-likeness (QED) is 0.509. The van der Waals surface area contributed by atoms with E-state index in [1.165, 1.54) is 0 Å². The molecule has 3 aromatic rings. The van der Waals surface area contributed by atoms with E-state index in [2.05, 4.69) is 5.32 Å². The second-order valence-electron chi connectivity index (χ2n) is 6.89. The monoisotopic (exact) mass is 482 g/mol. The minimum Gasteiger partial charge on any atom is -0.324 e. The number of hydrogen-bond acceptors (Lipinski definition) is 3. The molecule has 0 aromatic heterocycles. The SMILES string of the molecule is CS(=O)(=O)N(CC(=O)Nc1ccccc1-c1ccccc1)c1ccc(Cl)c(C(F)(F)F)c1. The zero-order valence-electron chi connectivity index (χ0n) is 16.7. The van der Waals surface area contributed by atoms with Crippen molar-refractivity contribution >= 4 is 38.9 Å². The molecular weight excluding hydrogens is 465 g/mol. The van der Waals surface area contributed by atoms with Gasteiger partial charge in [-0.3, -0.25) is 9.10 Å². The van der Waals surface area contributed by atoms with Crippen LogP contribution in [0.4, 0.5) is 24.5 Å². The van der Waals surface area contributed by atoms with Crippen molar-refractivity contribution in [3.05, 3.63) is 83.4 Å². The number of alkyl halides is 3. The Morgan fingerprint density at radius 2 is 1.62 bits per heavy atom. The maximum absolute atomic E-state index is 13.2. The number of nitrogens with one attached hydrogen (secondary N) is 1. The molecule has 0 spiro atoms. The number of benzene rings is 3. The Morgan fingerprint density at radius 3 is 2.25 bits per heavy atom. The molecule has 32 heavy (non-hydrogen) atoms. The van der Waals surface area contributed by atoms with Crippen LogP contribution < -0.4 is 9.62 Å². The van der Waals surface area contributed by atoms with Gasteiger partial charge < -0.3 is 5.32 Å². The maximum Gasteiger partial charge on any atom is 0.417 e. The summed E-state index contributed by atoms with van der Waals surface area (Å²) in [6.07, 6.45) is -3.98. The fourth-order valence-electron chi connectivity index (χ4n) is 3.07. The van der Waals surface area contributed by atoms with Crippen molar-refractivity contribution in [2.75, 3.05) is 22.4 Å². The van der Waals surface area contributed by atoms with Gasteiger partial charge in [0.05, 0.1) is 22.5 Å². The van der Waals surface area contributed by atoms with Gasteiger partial charge in [-0.25, -0.2) is 8.42 Å². The Bertz CT molecular complexity index is 1230. The van der Waals surface area contributed by atoms with Gasteiger partial charge in [0.25, 0.3) is 0 Å². The number of sulfonamides is 1. The standard InChI is InChI=1S/C22H18ClF3N2O3S/c1-32(30,31)28(16-11-12-19(23)18(13-16)22(24,25)26)14-21(29)27-20-10-6-5-9-17(20)15-7-3-2-4-8-15/h2-13H,14H2,1H3,(H,27,29). The Hall–Kier alpha value is -3.04. The molecule has 0 unspecified atom stereocenters. The molecule has 1 N–H and O–H groups in total. The second kappa shape index (κ2) is 9.22. The molecule has 0 aliphatic carbocycles. The van der Waals surface area contributed by atoms with Crippen molar-refractivity contribution in [1.29, 1.82) is 0 Å². The highest BCUT2D eigenvalue weighted by atomic mass is 35.5. The first-order chi connectivity index (χ1) is 15.0. The van der Waals surface area contributed by atoms with Crippen molar-refractivity contribution in [3.8, 4) is 11.1 Å². The van der Waals surface area contributed by atoms with Gasteiger partial charge in [-0.2, -0.15) is 13.2 Å². The molecule has 1 amide bonds. The highest BCUT2D eigenvalue weighted by molar-refractivity contribution is 7.92. The molecule has 0 aliphatic heterocycles. The topological polar surface area (TPSA) is 66.5 Å². The van der Waals surface area contributed by atoms with E-state index in [0.717, 1.165) is 24.0 Å². The van der Waals surface area contributed by atoms with Gasteiger partial charge in [0, 0.05) is 11.3 Å². The third-order valence-electron chi connectivity index (χ3n) is 4.52. The van der Waals surface area contributed by atoms with Crippen LogP contribution >= 0.6 is 11.6 Å². The smallest absolute Gasteiger partial charge is 0.324 e. The van der Waals surface area contributed by atoms with Gasteiger partial charge >= 0.3 is 6.18 Å². The first-order valence-corrected chi connectivity index (χ1v) is 11.5. The lowest BCUT2D eigenvalue weighted by Crippen LogP contribution is -2.37. The lowest BCUT2D eigenvalue weighted by molar-refractivity contribution is -0.137. The molecule has 0 atom stereocenters. The lowest BCUT2D eigenvalue weighted by Gasteiger charge is -2.23. The number of hydrogen-bond donors (Lipinski definition) is 1. The molecule has 0 heterocycles. The molecule has 0 bridgehead atoms. The Morgan fingerprint density at radius 1 is 1.00 bits per heavy atom. The summed E-state index contributed by atoms with van der Waals surface area (Å²) in [6.45, 7) is -0.721. The van der Waals surface area contributed by atoms with Crippen LogP contribution in [-0.4, -0.2) is 27.1 Å². The maximum atomic E-state index is 13.2. The number of halogens is 4. The van der Waals surface area contributed by atoms with Crippen LogP contribution in [0.5, 0.6) is 0 Å². The first kappa shape index (κ1) is 23.6. The normalized spacial score (nSPS) is 11.8. The van der Waals surface area contributed by atoms with E-state index < -0.39 is 39.2 Å². The van der Waals surface area contributed by atoms with Gasteiger partial charge in [-0.1, -0.05) is 60.1 Å². The van der Waals surface area contributed by atoms with Crippen molar-refractivity contribution in [3.63, 3.8) is 0 Å². The number of carbonyl (C=O) groups excluding carboxylic acids is 1. The summed E-state index contributed by atoms with van der Waals surface area (Å²) in [5.74, 6) is -0.720. The van der Waals surface area contributed by atoms with E-state index in [-0.39, 0.29) is 5.69 Å². The molecular formula is C22H18ClF3N2O3S. The minimum absolute atomic E-state index is 0.323. The van der Waals surface area contributed by atoms with E-state index >= 15 is 0 Å². The zero-order valence-corrected chi connectivity index (χ0v) is 18.3. The number of anilines is 2. The summed E-state index contributed by atoms with van der Waals surface area (Å²) in [4.78, 5) is 12.7. The van der Waals surface area contributed by atoms with E-state index in [0.29, 0.717) is 21.6 Å². The predicted molar refractivity (Wildman–Crippen MR) is 119 cm³/mol. The van der Waals surface area contributed by atoms with Crippen LogP contribution in [0.1, 0.15) is 5.56 Å². The van der Waals surface area contributed by atoms with Crippen LogP contribution in [0, 0.1) is 0 Å². The number of para-hydroxylation sites is 1. The molecule has 0 saturated heterocycles. The summed E-state index contributed by atoms with van der Waals surface area (Å²) in [6, 6.07) is 18.8. The van der Waals surface area contributed by atoms with Crippen LogP contribution in [0.2, 0.25) is 5.02 Å². The van der Waals surface area contributed by atoms with Gasteiger partial charge in [0.15, 0.2) is 0 Å². The van der Waals surface area contributed by atoms with Gasteiger partial charge in [0.1, 0.15) is 6.54 Å². The molecule has 0 aliphatic rings. The Balaban J connectivity index is 1.90. The summed E-state index contributed by atoms with van der Waals surface area (Å²) in [5, 5.41) is 2.07. The predicted octanol–water partition coefficient (Wildman–Crippen LogP) is 5.43. The minimum atomic E-state index is -4.78. The van der Waals surface area contributed by atoms with Gasteiger partial charge in [-0.05, 0) is 29.8 Å². The zero-order chi connectivity index (χ0) is 23.5. The molecule has 0 saturated carbocycles. The fourth-order valence-corrected chi connectivity index (χ4v) is 4.14. The van der Waals surface area contributed by atoms with E-state index in [4.69, 9.17) is 11.6 Å². The molecule has 168 valence electrons. The summed E-state index contributed by atoms with van der Waals surface area (Å²) < 4.78 is 64.8. The number of carbonyl (C=O) groups is 1. The summed E-state index contributed by atoms with van der Waals surface area (Å²) >= 11 is 5.62.